The number of hydrogen-bond donors (Lipinski definition) is 0. The summed E-state index contributed by atoms with van der Waals surface area (Å²) in [7, 11) is 0. The Morgan fingerprint density at radius 2 is 1.66 bits per heavy atom. The number of esters is 1. The lowest BCUT2D eigenvalue weighted by molar-refractivity contribution is 0.0462. The first-order valence-electron chi connectivity index (χ1n) is 9.99. The molecule has 0 aliphatic rings. The van der Waals surface area contributed by atoms with Crippen molar-refractivity contribution in [3.8, 4) is 17.1 Å². The predicted octanol–water partition coefficient (Wildman–Crippen LogP) is 5.24. The minimum Gasteiger partial charge on any atom is -0.451 e. The molecule has 0 radical (unpaired) electrons. The molecule has 0 saturated heterocycles. The number of hydrogen-bond acceptors (Lipinski definition) is 5. The van der Waals surface area contributed by atoms with Gasteiger partial charge < -0.3 is 4.74 Å². The van der Waals surface area contributed by atoms with Crippen LogP contribution in [0.3, 0.4) is 0 Å². The number of nitrogens with zero attached hydrogens (tertiary/aromatic N) is 3. The highest BCUT2D eigenvalue weighted by Crippen LogP contribution is 2.27. The van der Waals surface area contributed by atoms with Crippen molar-refractivity contribution < 1.29 is 14.3 Å². The third-order valence-electron chi connectivity index (χ3n) is 5.00. The molecule has 0 amide bonds. The molecule has 0 fully saturated rings. The Bertz CT molecular complexity index is 1280. The molecule has 32 heavy (non-hydrogen) atoms. The Morgan fingerprint density at radius 3 is 2.38 bits per heavy atom. The molecule has 3 aromatic carbocycles. The lowest BCUT2D eigenvalue weighted by atomic mass is 10.1. The zero-order chi connectivity index (χ0) is 22.7. The Balaban J connectivity index is 1.67. The number of ketones is 1. The molecule has 160 valence electrons. The van der Waals surface area contributed by atoms with Gasteiger partial charge in [-0.2, -0.15) is 0 Å². The highest BCUT2D eigenvalue weighted by atomic mass is 35.5. The van der Waals surface area contributed by atoms with Crippen molar-refractivity contribution in [3.63, 3.8) is 0 Å². The number of aryl methyl sites for hydroxylation is 1. The van der Waals surface area contributed by atoms with Crippen LogP contribution < -0.4 is 0 Å². The zero-order valence-corrected chi connectivity index (χ0v) is 18.3. The summed E-state index contributed by atoms with van der Waals surface area (Å²) < 4.78 is 6.78. The number of halogens is 1. The zero-order valence-electron chi connectivity index (χ0n) is 17.6. The number of aromatic nitrogens is 3. The number of carbonyl (C=O) groups is 2. The van der Waals surface area contributed by atoms with Crippen molar-refractivity contribution in [2.75, 3.05) is 6.61 Å². The number of benzene rings is 3. The van der Waals surface area contributed by atoms with Crippen molar-refractivity contribution in [1.29, 1.82) is 0 Å². The van der Waals surface area contributed by atoms with E-state index in [1.807, 2.05) is 56.3 Å². The van der Waals surface area contributed by atoms with E-state index in [1.165, 1.54) is 0 Å². The Labute approximate surface area is 190 Å². The van der Waals surface area contributed by atoms with E-state index >= 15 is 0 Å². The van der Waals surface area contributed by atoms with Crippen molar-refractivity contribution in [3.05, 3.63) is 100 Å². The molecule has 4 rings (SSSR count). The van der Waals surface area contributed by atoms with Gasteiger partial charge in [-0.3, -0.25) is 4.79 Å². The van der Waals surface area contributed by atoms with Crippen LogP contribution in [-0.2, 0) is 4.74 Å². The van der Waals surface area contributed by atoms with Crippen molar-refractivity contribution >= 4 is 23.4 Å². The fourth-order valence-electron chi connectivity index (χ4n) is 3.18. The summed E-state index contributed by atoms with van der Waals surface area (Å²) in [5.41, 5.74) is 3.83. The van der Waals surface area contributed by atoms with Gasteiger partial charge in [0, 0.05) is 16.1 Å². The molecule has 6 nitrogen and oxygen atoms in total. The molecule has 0 saturated carbocycles. The van der Waals surface area contributed by atoms with Gasteiger partial charge in [-0.1, -0.05) is 77.8 Å². The smallest absolute Gasteiger partial charge is 0.378 e. The van der Waals surface area contributed by atoms with Crippen LogP contribution in [0.25, 0.3) is 17.1 Å². The van der Waals surface area contributed by atoms with E-state index in [0.717, 1.165) is 16.7 Å². The van der Waals surface area contributed by atoms with E-state index in [0.29, 0.717) is 22.1 Å². The number of ether oxygens (including phenoxy) is 1. The third kappa shape index (κ3) is 4.45. The average Bonchev–Trinajstić information content (AvgIpc) is 3.25. The molecule has 1 aromatic heterocycles. The van der Waals surface area contributed by atoms with Crippen LogP contribution in [0.4, 0.5) is 0 Å². The highest BCUT2D eigenvalue weighted by Gasteiger charge is 2.22. The molecule has 0 atom stereocenters. The number of carbonyl (C=O) groups excluding carboxylic acids is 2. The van der Waals surface area contributed by atoms with Gasteiger partial charge in [0.05, 0.1) is 5.69 Å². The topological polar surface area (TPSA) is 74.1 Å². The fourth-order valence-corrected chi connectivity index (χ4v) is 3.35. The minimum absolute atomic E-state index is 0.138. The van der Waals surface area contributed by atoms with Gasteiger partial charge in [0.1, 0.15) is 0 Å². The maximum atomic E-state index is 12.7. The molecular formula is C25H20ClN3O3. The first-order valence-corrected chi connectivity index (χ1v) is 10.4. The van der Waals surface area contributed by atoms with E-state index < -0.39 is 12.6 Å². The number of Topliss-reactive ketones (excluding diaryl/α,β-unsaturated/α-hetero) is 1. The molecule has 0 spiro atoms. The van der Waals surface area contributed by atoms with Crippen LogP contribution >= 0.6 is 11.6 Å². The lowest BCUT2D eigenvalue weighted by Gasteiger charge is -2.10. The van der Waals surface area contributed by atoms with Crippen LogP contribution in [0.5, 0.6) is 0 Å². The van der Waals surface area contributed by atoms with Crippen LogP contribution in [-0.4, -0.2) is 33.1 Å². The molecule has 0 aliphatic heterocycles. The summed E-state index contributed by atoms with van der Waals surface area (Å²) in [6.07, 6.45) is 0. The standard InChI is InChI=1S/C25H20ClN3O3/c1-16-11-13-19(14-12-16)24-27-23(28-29(24)21-10-6-9-20(26)17(21)2)25(31)32-15-22(30)18-7-4-3-5-8-18/h3-14H,15H2,1-2H3. The monoisotopic (exact) mass is 445 g/mol. The molecule has 1 heterocycles. The van der Waals surface area contributed by atoms with Gasteiger partial charge in [-0.05, 0) is 31.5 Å². The maximum Gasteiger partial charge on any atom is 0.378 e. The largest absolute Gasteiger partial charge is 0.451 e. The number of rotatable bonds is 6. The second kappa shape index (κ2) is 9.16. The third-order valence-corrected chi connectivity index (χ3v) is 5.41. The van der Waals surface area contributed by atoms with Gasteiger partial charge in [-0.15, -0.1) is 5.10 Å². The molecule has 0 N–H and O–H groups in total. The summed E-state index contributed by atoms with van der Waals surface area (Å²) in [6.45, 7) is 3.46. The summed E-state index contributed by atoms with van der Waals surface area (Å²) in [5.74, 6) is -0.749. The Hall–Kier alpha value is -3.77. The molecule has 0 aliphatic carbocycles. The minimum atomic E-state index is -0.777. The first-order chi connectivity index (χ1) is 15.4. The van der Waals surface area contributed by atoms with E-state index in [9.17, 15) is 9.59 Å². The normalized spacial score (nSPS) is 10.7. The average molecular weight is 446 g/mol. The SMILES string of the molecule is Cc1ccc(-c2nc(C(=O)OCC(=O)c3ccccc3)nn2-c2cccc(Cl)c2C)cc1. The van der Waals surface area contributed by atoms with Crippen molar-refractivity contribution in [2.24, 2.45) is 0 Å². The fraction of sp³-hybridized carbons (Fsp3) is 0.120. The van der Waals surface area contributed by atoms with Gasteiger partial charge >= 0.3 is 5.97 Å². The Morgan fingerprint density at radius 1 is 0.938 bits per heavy atom. The first kappa shape index (κ1) is 21.5. The van der Waals surface area contributed by atoms with Crippen LogP contribution in [0, 0.1) is 13.8 Å². The Kier molecular flexibility index (Phi) is 6.14. The van der Waals surface area contributed by atoms with Crippen LogP contribution in [0.1, 0.15) is 32.1 Å². The molecule has 0 bridgehead atoms. The molecule has 7 heteroatoms. The summed E-state index contributed by atoms with van der Waals surface area (Å²) in [4.78, 5) is 29.4. The van der Waals surface area contributed by atoms with E-state index in [1.54, 1.807) is 35.0 Å². The summed E-state index contributed by atoms with van der Waals surface area (Å²) in [6, 6.07) is 21.8. The van der Waals surface area contributed by atoms with E-state index in [4.69, 9.17) is 16.3 Å². The maximum absolute atomic E-state index is 12.7. The van der Waals surface area contributed by atoms with Gasteiger partial charge in [0.25, 0.3) is 5.82 Å². The second-order valence-electron chi connectivity index (χ2n) is 7.29. The van der Waals surface area contributed by atoms with Crippen LogP contribution in [0.15, 0.2) is 72.8 Å². The summed E-state index contributed by atoms with van der Waals surface area (Å²) >= 11 is 6.30. The lowest BCUT2D eigenvalue weighted by Crippen LogP contribution is -2.15. The van der Waals surface area contributed by atoms with Crippen molar-refractivity contribution in [1.82, 2.24) is 14.8 Å². The van der Waals surface area contributed by atoms with Gasteiger partial charge in [0.15, 0.2) is 18.2 Å². The quantitative estimate of drug-likeness (QED) is 0.299. The second-order valence-corrected chi connectivity index (χ2v) is 7.69. The van der Waals surface area contributed by atoms with Gasteiger partial charge in [0.2, 0.25) is 0 Å². The van der Waals surface area contributed by atoms with Crippen molar-refractivity contribution in [2.45, 2.75) is 13.8 Å². The molecule has 0 unspecified atom stereocenters. The van der Waals surface area contributed by atoms with E-state index in [2.05, 4.69) is 10.1 Å². The summed E-state index contributed by atoms with van der Waals surface area (Å²) in [5, 5.41) is 4.97. The van der Waals surface area contributed by atoms with Crippen LogP contribution in [0.2, 0.25) is 5.02 Å². The highest BCUT2D eigenvalue weighted by molar-refractivity contribution is 6.31. The predicted molar refractivity (Wildman–Crippen MR) is 122 cm³/mol. The van der Waals surface area contributed by atoms with E-state index in [-0.39, 0.29) is 11.6 Å². The van der Waals surface area contributed by atoms with Gasteiger partial charge in [-0.25, -0.2) is 14.5 Å². The molecule has 4 aromatic rings. The molecular weight excluding hydrogens is 426 g/mol.